The van der Waals surface area contributed by atoms with Crippen molar-refractivity contribution in [3.05, 3.63) is 51.6 Å². The van der Waals surface area contributed by atoms with E-state index in [9.17, 15) is 4.79 Å². The van der Waals surface area contributed by atoms with Crippen LogP contribution in [-0.2, 0) is 4.79 Å². The van der Waals surface area contributed by atoms with Crippen LogP contribution in [0.1, 0.15) is 5.56 Å². The molecular weight excluding hydrogens is 379 g/mol. The summed E-state index contributed by atoms with van der Waals surface area (Å²) in [6.45, 7) is 2.20. The van der Waals surface area contributed by atoms with Crippen molar-refractivity contribution in [1.29, 1.82) is 0 Å². The van der Waals surface area contributed by atoms with Crippen molar-refractivity contribution < 1.29 is 9.53 Å². The first-order chi connectivity index (χ1) is 10.1. The number of ether oxygens (including phenoxy) is 1. The van der Waals surface area contributed by atoms with Crippen LogP contribution in [0.5, 0.6) is 5.75 Å². The van der Waals surface area contributed by atoms with Gasteiger partial charge in [-0.2, -0.15) is 0 Å². The molecule has 2 N–H and O–H groups in total. The molecule has 0 saturated carbocycles. The first-order valence-electron chi connectivity index (χ1n) is 6.52. The normalized spacial score (nSPS) is 10.0. The maximum absolute atomic E-state index is 11.9. The predicted molar refractivity (Wildman–Crippen MR) is 94.0 cm³/mol. The van der Waals surface area contributed by atoms with Gasteiger partial charge in [-0.05, 0) is 71.5 Å². The van der Waals surface area contributed by atoms with Gasteiger partial charge in [-0.1, -0.05) is 6.07 Å². The number of hydrogen-bond donors (Lipinski definition) is 2. The van der Waals surface area contributed by atoms with E-state index in [0.29, 0.717) is 0 Å². The average Bonchev–Trinajstić information content (AvgIpc) is 2.46. The van der Waals surface area contributed by atoms with E-state index in [0.717, 1.165) is 26.3 Å². The Labute approximate surface area is 138 Å². The highest BCUT2D eigenvalue weighted by molar-refractivity contribution is 14.1. The molecule has 0 bridgehead atoms. The van der Waals surface area contributed by atoms with Crippen LogP contribution < -0.4 is 15.4 Å². The molecule has 2 aromatic rings. The molecule has 4 nitrogen and oxygen atoms in total. The Morgan fingerprint density at radius 2 is 2.05 bits per heavy atom. The smallest absolute Gasteiger partial charge is 0.243 e. The highest BCUT2D eigenvalue weighted by Crippen LogP contribution is 2.20. The van der Waals surface area contributed by atoms with E-state index >= 15 is 0 Å². The summed E-state index contributed by atoms with van der Waals surface area (Å²) in [6.07, 6.45) is 0. The fraction of sp³-hybridized carbons (Fsp3) is 0.188. The van der Waals surface area contributed by atoms with Gasteiger partial charge in [-0.15, -0.1) is 0 Å². The molecule has 2 rings (SSSR count). The lowest BCUT2D eigenvalue weighted by Crippen LogP contribution is -2.22. The summed E-state index contributed by atoms with van der Waals surface area (Å²) in [5, 5.41) is 5.99. The standard InChI is InChI=1S/C16H17IN2O2/c1-11-8-14(21-2)6-7-15(11)18-10-16(20)19-13-5-3-4-12(17)9-13/h3-9,18H,10H2,1-2H3,(H,19,20). The average molecular weight is 396 g/mol. The molecule has 0 aromatic heterocycles. The zero-order valence-electron chi connectivity index (χ0n) is 11.9. The topological polar surface area (TPSA) is 50.4 Å². The zero-order chi connectivity index (χ0) is 15.2. The van der Waals surface area contributed by atoms with E-state index in [1.54, 1.807) is 7.11 Å². The first kappa shape index (κ1) is 15.6. The minimum absolute atomic E-state index is 0.0766. The van der Waals surface area contributed by atoms with E-state index in [1.807, 2.05) is 49.4 Å². The quantitative estimate of drug-likeness (QED) is 0.759. The molecule has 110 valence electrons. The Morgan fingerprint density at radius 1 is 1.24 bits per heavy atom. The Hall–Kier alpha value is -1.76. The number of carbonyl (C=O) groups excluding carboxylic acids is 1. The van der Waals surface area contributed by atoms with E-state index in [-0.39, 0.29) is 12.5 Å². The molecule has 0 saturated heterocycles. The van der Waals surface area contributed by atoms with E-state index < -0.39 is 0 Å². The van der Waals surface area contributed by atoms with Crippen LogP contribution in [0.25, 0.3) is 0 Å². The molecule has 0 aliphatic heterocycles. The van der Waals surface area contributed by atoms with Crippen molar-refractivity contribution in [1.82, 2.24) is 0 Å². The minimum Gasteiger partial charge on any atom is -0.497 e. The number of halogens is 1. The van der Waals surface area contributed by atoms with Gasteiger partial charge in [0.25, 0.3) is 0 Å². The van der Waals surface area contributed by atoms with E-state index in [1.165, 1.54) is 0 Å². The summed E-state index contributed by atoms with van der Waals surface area (Å²) >= 11 is 2.22. The van der Waals surface area contributed by atoms with Crippen molar-refractivity contribution in [2.24, 2.45) is 0 Å². The highest BCUT2D eigenvalue weighted by atomic mass is 127. The maximum atomic E-state index is 11.9. The van der Waals surface area contributed by atoms with Crippen molar-refractivity contribution >= 4 is 39.9 Å². The maximum Gasteiger partial charge on any atom is 0.243 e. The number of carbonyl (C=O) groups is 1. The van der Waals surface area contributed by atoms with Gasteiger partial charge in [0.15, 0.2) is 0 Å². The summed E-state index contributed by atoms with van der Waals surface area (Å²) < 4.78 is 6.25. The van der Waals surface area contributed by atoms with Crippen molar-refractivity contribution in [2.75, 3.05) is 24.3 Å². The molecule has 0 unspecified atom stereocenters. The molecule has 0 fully saturated rings. The van der Waals surface area contributed by atoms with Gasteiger partial charge < -0.3 is 15.4 Å². The Balaban J connectivity index is 1.92. The lowest BCUT2D eigenvalue weighted by Gasteiger charge is -2.11. The fourth-order valence-electron chi connectivity index (χ4n) is 1.91. The molecule has 21 heavy (non-hydrogen) atoms. The summed E-state index contributed by atoms with van der Waals surface area (Å²) in [5.74, 6) is 0.730. The molecule has 0 aliphatic rings. The van der Waals surface area contributed by atoms with Crippen molar-refractivity contribution in [2.45, 2.75) is 6.92 Å². The third kappa shape index (κ3) is 4.63. The number of amides is 1. The second-order valence-electron chi connectivity index (χ2n) is 4.59. The van der Waals surface area contributed by atoms with Crippen LogP contribution in [-0.4, -0.2) is 19.6 Å². The Kier molecular flexibility index (Phi) is 5.44. The third-order valence-corrected chi connectivity index (χ3v) is 3.65. The second kappa shape index (κ2) is 7.31. The zero-order valence-corrected chi connectivity index (χ0v) is 14.1. The van der Waals surface area contributed by atoms with Crippen LogP contribution in [0.3, 0.4) is 0 Å². The lowest BCUT2D eigenvalue weighted by molar-refractivity contribution is -0.114. The third-order valence-electron chi connectivity index (χ3n) is 2.98. The van der Waals surface area contributed by atoms with Gasteiger partial charge in [0.1, 0.15) is 5.75 Å². The number of benzene rings is 2. The monoisotopic (exact) mass is 396 g/mol. The van der Waals surface area contributed by atoms with Gasteiger partial charge in [0, 0.05) is 14.9 Å². The highest BCUT2D eigenvalue weighted by Gasteiger charge is 2.05. The molecule has 0 atom stereocenters. The Morgan fingerprint density at radius 3 is 2.71 bits per heavy atom. The van der Waals surface area contributed by atoms with Crippen LogP contribution in [0.2, 0.25) is 0 Å². The van der Waals surface area contributed by atoms with Gasteiger partial charge in [0.05, 0.1) is 13.7 Å². The van der Waals surface area contributed by atoms with Gasteiger partial charge in [0.2, 0.25) is 5.91 Å². The van der Waals surface area contributed by atoms with Crippen LogP contribution >= 0.6 is 22.6 Å². The van der Waals surface area contributed by atoms with Gasteiger partial charge in [-0.3, -0.25) is 4.79 Å². The number of methoxy groups -OCH3 is 1. The predicted octanol–water partition coefficient (Wildman–Crippen LogP) is 3.66. The SMILES string of the molecule is COc1ccc(NCC(=O)Nc2cccc(I)c2)c(C)c1. The number of anilines is 2. The summed E-state index contributed by atoms with van der Waals surface area (Å²) in [7, 11) is 1.64. The summed E-state index contributed by atoms with van der Waals surface area (Å²) in [4.78, 5) is 11.9. The number of rotatable bonds is 5. The second-order valence-corrected chi connectivity index (χ2v) is 5.84. The number of nitrogens with one attached hydrogen (secondary N) is 2. The summed E-state index contributed by atoms with van der Waals surface area (Å²) in [6, 6.07) is 13.4. The number of aryl methyl sites for hydroxylation is 1. The molecule has 5 heteroatoms. The van der Waals surface area contributed by atoms with Crippen LogP contribution in [0.4, 0.5) is 11.4 Å². The van der Waals surface area contributed by atoms with Crippen molar-refractivity contribution in [3.63, 3.8) is 0 Å². The Bertz CT molecular complexity index is 644. The molecule has 0 aliphatic carbocycles. The molecule has 1 amide bonds. The number of hydrogen-bond acceptors (Lipinski definition) is 3. The van der Waals surface area contributed by atoms with Gasteiger partial charge in [-0.25, -0.2) is 0 Å². The lowest BCUT2D eigenvalue weighted by atomic mass is 10.2. The van der Waals surface area contributed by atoms with Crippen LogP contribution in [0.15, 0.2) is 42.5 Å². The summed E-state index contributed by atoms with van der Waals surface area (Å²) in [5.41, 5.74) is 2.77. The molecule has 0 radical (unpaired) electrons. The molecule has 0 spiro atoms. The first-order valence-corrected chi connectivity index (χ1v) is 7.60. The largest absolute Gasteiger partial charge is 0.497 e. The van der Waals surface area contributed by atoms with E-state index in [4.69, 9.17) is 4.74 Å². The van der Waals surface area contributed by atoms with Crippen LogP contribution in [0, 0.1) is 10.5 Å². The van der Waals surface area contributed by atoms with Gasteiger partial charge >= 0.3 is 0 Å². The molecular formula is C16H17IN2O2. The minimum atomic E-state index is -0.0766. The molecule has 2 aromatic carbocycles. The van der Waals surface area contributed by atoms with Crippen molar-refractivity contribution in [3.8, 4) is 5.75 Å². The fourth-order valence-corrected chi connectivity index (χ4v) is 2.45. The van der Waals surface area contributed by atoms with E-state index in [2.05, 4.69) is 33.2 Å². The molecule has 0 heterocycles.